The van der Waals surface area contributed by atoms with Crippen LogP contribution in [-0.2, 0) is 0 Å². The van der Waals surface area contributed by atoms with Crippen LogP contribution in [0, 0.1) is 11.2 Å². The van der Waals surface area contributed by atoms with Gasteiger partial charge in [0.25, 0.3) is 0 Å². The van der Waals surface area contributed by atoms with E-state index in [-0.39, 0.29) is 11.7 Å². The molecule has 20 heavy (non-hydrogen) atoms. The maximum atomic E-state index is 13.2. The van der Waals surface area contributed by atoms with Gasteiger partial charge < -0.3 is 5.73 Å². The van der Waals surface area contributed by atoms with Gasteiger partial charge in [0.15, 0.2) is 0 Å². The molecular weight excluding hydrogens is 291 g/mol. The monoisotopic (exact) mass is 306 g/mol. The van der Waals surface area contributed by atoms with Crippen molar-refractivity contribution in [1.29, 1.82) is 5.41 Å². The van der Waals surface area contributed by atoms with Gasteiger partial charge >= 0.3 is 0 Å². The van der Waals surface area contributed by atoms with Crippen LogP contribution in [-0.4, -0.2) is 11.6 Å². The first-order valence-corrected chi connectivity index (χ1v) is 7.95. The van der Waals surface area contributed by atoms with Gasteiger partial charge in [0.2, 0.25) is 0 Å². The Bertz CT molecular complexity index is 629. The van der Waals surface area contributed by atoms with E-state index in [1.165, 1.54) is 23.9 Å². The van der Waals surface area contributed by atoms with Gasteiger partial charge in [0, 0.05) is 20.2 Å². The lowest BCUT2D eigenvalue weighted by Gasteiger charge is -2.12. The summed E-state index contributed by atoms with van der Waals surface area (Å²) in [7, 11) is 0. The fourth-order valence-electron chi connectivity index (χ4n) is 1.79. The lowest BCUT2D eigenvalue weighted by molar-refractivity contribution is 0.624. The van der Waals surface area contributed by atoms with Gasteiger partial charge in [0.05, 0.1) is 0 Å². The van der Waals surface area contributed by atoms with E-state index in [0.717, 1.165) is 26.0 Å². The summed E-state index contributed by atoms with van der Waals surface area (Å²) in [6.45, 7) is 2.06. The van der Waals surface area contributed by atoms with Crippen LogP contribution in [0.2, 0.25) is 0 Å². The summed E-state index contributed by atoms with van der Waals surface area (Å²) in [6.07, 6.45) is 0. The zero-order chi connectivity index (χ0) is 14.5. The average molecular weight is 306 g/mol. The molecule has 0 aromatic heterocycles. The van der Waals surface area contributed by atoms with Crippen molar-refractivity contribution in [3.05, 3.63) is 53.8 Å². The molecule has 2 aromatic carbocycles. The van der Waals surface area contributed by atoms with Crippen LogP contribution in [0.25, 0.3) is 0 Å². The lowest BCUT2D eigenvalue weighted by atomic mass is 10.2. The standard InChI is InChI=1S/C15H15FN2S2/c1-2-19-12-7-4-8-13(14(12)15(17)18)20-11-6-3-5-10(16)9-11/h3-9H,2H2,1H3,(H3,17,18). The lowest BCUT2D eigenvalue weighted by Crippen LogP contribution is -2.13. The first kappa shape index (κ1) is 14.9. The van der Waals surface area contributed by atoms with Crippen LogP contribution in [0.15, 0.2) is 57.2 Å². The second kappa shape index (κ2) is 6.81. The molecule has 0 amide bonds. The summed E-state index contributed by atoms with van der Waals surface area (Å²) >= 11 is 3.07. The summed E-state index contributed by atoms with van der Waals surface area (Å²) in [5.74, 6) is 0.688. The number of hydrogen-bond acceptors (Lipinski definition) is 3. The molecule has 0 atom stereocenters. The smallest absolute Gasteiger partial charge is 0.125 e. The summed E-state index contributed by atoms with van der Waals surface area (Å²) in [4.78, 5) is 2.66. The molecular formula is C15H15FN2S2. The van der Waals surface area contributed by atoms with Crippen LogP contribution in [0.4, 0.5) is 4.39 Å². The molecule has 3 N–H and O–H groups in total. The first-order valence-electron chi connectivity index (χ1n) is 6.15. The maximum absolute atomic E-state index is 13.2. The normalized spacial score (nSPS) is 10.5. The van der Waals surface area contributed by atoms with E-state index >= 15 is 0 Å². The van der Waals surface area contributed by atoms with Crippen molar-refractivity contribution in [2.45, 2.75) is 21.6 Å². The highest BCUT2D eigenvalue weighted by Gasteiger charge is 2.12. The first-order chi connectivity index (χ1) is 9.61. The van der Waals surface area contributed by atoms with E-state index < -0.39 is 0 Å². The third kappa shape index (κ3) is 3.55. The molecule has 2 rings (SSSR count). The Labute approximate surface area is 126 Å². The van der Waals surface area contributed by atoms with E-state index in [2.05, 4.69) is 6.92 Å². The Morgan fingerprint density at radius 3 is 2.55 bits per heavy atom. The minimum absolute atomic E-state index is 0.0421. The number of hydrogen-bond donors (Lipinski definition) is 2. The molecule has 0 fully saturated rings. The van der Waals surface area contributed by atoms with Crippen molar-refractivity contribution < 1.29 is 4.39 Å². The number of halogens is 1. The Kier molecular flexibility index (Phi) is 5.09. The summed E-state index contributed by atoms with van der Waals surface area (Å²) in [6, 6.07) is 12.2. The third-order valence-corrected chi connectivity index (χ3v) is 4.57. The molecule has 0 aliphatic carbocycles. The molecule has 0 bridgehead atoms. The zero-order valence-electron chi connectivity index (χ0n) is 11.0. The Morgan fingerprint density at radius 1 is 1.20 bits per heavy atom. The van der Waals surface area contributed by atoms with Crippen LogP contribution < -0.4 is 5.73 Å². The maximum Gasteiger partial charge on any atom is 0.125 e. The highest BCUT2D eigenvalue weighted by atomic mass is 32.2. The summed E-state index contributed by atoms with van der Waals surface area (Å²) < 4.78 is 13.2. The number of rotatable bonds is 5. The number of nitrogens with one attached hydrogen (secondary N) is 1. The highest BCUT2D eigenvalue weighted by molar-refractivity contribution is 8.00. The van der Waals surface area contributed by atoms with Gasteiger partial charge in [-0.3, -0.25) is 5.41 Å². The molecule has 0 unspecified atom stereocenters. The Balaban J connectivity index is 2.40. The van der Waals surface area contributed by atoms with E-state index in [9.17, 15) is 4.39 Å². The molecule has 0 radical (unpaired) electrons. The predicted octanol–water partition coefficient (Wildman–Crippen LogP) is 4.37. The fraction of sp³-hybridized carbons (Fsp3) is 0.133. The Hall–Kier alpha value is -1.46. The number of thioether (sulfide) groups is 1. The molecule has 0 aliphatic rings. The van der Waals surface area contributed by atoms with Gasteiger partial charge in [-0.25, -0.2) is 4.39 Å². The number of amidine groups is 1. The molecule has 2 aromatic rings. The van der Waals surface area contributed by atoms with Gasteiger partial charge in [-0.2, -0.15) is 0 Å². The molecule has 0 saturated carbocycles. The molecule has 104 valence electrons. The van der Waals surface area contributed by atoms with Crippen LogP contribution in [0.3, 0.4) is 0 Å². The van der Waals surface area contributed by atoms with Crippen molar-refractivity contribution in [2.75, 3.05) is 5.75 Å². The molecule has 0 spiro atoms. The Morgan fingerprint density at radius 2 is 1.90 bits per heavy atom. The third-order valence-electron chi connectivity index (χ3n) is 2.58. The predicted molar refractivity (Wildman–Crippen MR) is 84.4 cm³/mol. The summed E-state index contributed by atoms with van der Waals surface area (Å²) in [5.41, 5.74) is 6.44. The minimum atomic E-state index is -0.265. The van der Waals surface area contributed by atoms with E-state index in [1.807, 2.05) is 24.3 Å². The van der Waals surface area contributed by atoms with E-state index in [1.54, 1.807) is 17.8 Å². The van der Waals surface area contributed by atoms with Crippen molar-refractivity contribution >= 4 is 29.4 Å². The van der Waals surface area contributed by atoms with Crippen LogP contribution in [0.5, 0.6) is 0 Å². The topological polar surface area (TPSA) is 49.9 Å². The largest absolute Gasteiger partial charge is 0.384 e. The van der Waals surface area contributed by atoms with Crippen molar-refractivity contribution in [3.63, 3.8) is 0 Å². The molecule has 0 heterocycles. The molecule has 0 saturated heterocycles. The average Bonchev–Trinajstić information content (AvgIpc) is 2.39. The number of benzene rings is 2. The number of nitrogen functional groups attached to an aromatic ring is 1. The molecule has 2 nitrogen and oxygen atoms in total. The fourth-order valence-corrected chi connectivity index (χ4v) is 3.75. The zero-order valence-corrected chi connectivity index (χ0v) is 12.7. The van der Waals surface area contributed by atoms with Gasteiger partial charge in [0.1, 0.15) is 11.7 Å². The van der Waals surface area contributed by atoms with Crippen molar-refractivity contribution in [1.82, 2.24) is 0 Å². The van der Waals surface area contributed by atoms with Crippen LogP contribution in [0.1, 0.15) is 12.5 Å². The van der Waals surface area contributed by atoms with Gasteiger partial charge in [-0.1, -0.05) is 30.8 Å². The minimum Gasteiger partial charge on any atom is -0.384 e. The molecule has 5 heteroatoms. The molecule has 0 aliphatic heterocycles. The van der Waals surface area contributed by atoms with E-state index in [4.69, 9.17) is 11.1 Å². The highest BCUT2D eigenvalue weighted by Crippen LogP contribution is 2.35. The summed E-state index contributed by atoms with van der Waals surface area (Å²) in [5, 5.41) is 7.78. The van der Waals surface area contributed by atoms with Gasteiger partial charge in [-0.15, -0.1) is 11.8 Å². The van der Waals surface area contributed by atoms with Crippen LogP contribution >= 0.6 is 23.5 Å². The van der Waals surface area contributed by atoms with Crippen molar-refractivity contribution in [3.8, 4) is 0 Å². The second-order valence-electron chi connectivity index (χ2n) is 4.04. The number of nitrogens with two attached hydrogens (primary N) is 1. The quantitative estimate of drug-likeness (QED) is 0.490. The second-order valence-corrected chi connectivity index (χ2v) is 6.46. The van der Waals surface area contributed by atoms with Crippen molar-refractivity contribution in [2.24, 2.45) is 5.73 Å². The SMILES string of the molecule is CCSc1cccc(Sc2cccc(F)c2)c1C(=N)N. The van der Waals surface area contributed by atoms with Gasteiger partial charge in [-0.05, 0) is 36.1 Å². The van der Waals surface area contributed by atoms with E-state index in [0.29, 0.717) is 0 Å².